The summed E-state index contributed by atoms with van der Waals surface area (Å²) in [6.07, 6.45) is 5.61. The lowest BCUT2D eigenvalue weighted by Crippen LogP contribution is -2.15. The third kappa shape index (κ3) is 10.3. The predicted molar refractivity (Wildman–Crippen MR) is 468 cm³/mol. The first kappa shape index (κ1) is 66.9. The molecule has 0 saturated carbocycles. The molecule has 4 aliphatic rings. The Balaban J connectivity index is 0.000000141. The van der Waals surface area contributed by atoms with E-state index in [1.165, 1.54) is 133 Å². The van der Waals surface area contributed by atoms with Crippen LogP contribution in [-0.4, -0.2) is 19.9 Å². The van der Waals surface area contributed by atoms with Crippen molar-refractivity contribution in [2.75, 3.05) is 0 Å². The lowest BCUT2D eigenvalue weighted by Gasteiger charge is -2.22. The van der Waals surface area contributed by atoms with Crippen LogP contribution in [0.4, 0.5) is 0 Å². The molecule has 532 valence electrons. The molecule has 0 aliphatic heterocycles. The Morgan fingerprint density at radius 2 is 0.509 bits per heavy atom. The summed E-state index contributed by atoms with van der Waals surface area (Å²) < 4.78 is 0. The Labute approximate surface area is 654 Å². The topological polar surface area (TPSA) is 51.6 Å². The highest BCUT2D eigenvalue weighted by Gasteiger charge is 2.40. The Hall–Kier alpha value is -13.3. The smallest absolute Gasteiger partial charge is 0.0794 e. The van der Waals surface area contributed by atoms with Crippen LogP contribution in [0.3, 0.4) is 0 Å². The summed E-state index contributed by atoms with van der Waals surface area (Å²) in [6.45, 7) is 18.8. The molecule has 0 unspecified atom stereocenters. The van der Waals surface area contributed by atoms with Crippen LogP contribution in [0.2, 0.25) is 0 Å². The number of benzene rings is 14. The normalized spacial score (nSPS) is 14.4. The van der Waals surface area contributed by atoms with E-state index >= 15 is 0 Å². The summed E-state index contributed by atoms with van der Waals surface area (Å²) in [6, 6.07) is 119. The molecule has 0 bridgehead atoms. The molecule has 0 saturated heterocycles. The van der Waals surface area contributed by atoms with Gasteiger partial charge in [-0.1, -0.05) is 310 Å². The number of hydrogen-bond donors (Lipinski definition) is 0. The quantitative estimate of drug-likeness (QED) is 0.142. The zero-order chi connectivity index (χ0) is 75.5. The highest BCUT2D eigenvalue weighted by Crippen LogP contribution is 2.56. The maximum absolute atomic E-state index is 5.58. The summed E-state index contributed by atoms with van der Waals surface area (Å²) in [5.74, 6) is 0. The first-order chi connectivity index (χ1) is 54.5. The minimum Gasteiger partial charge on any atom is -0.264 e. The fourth-order valence-corrected chi connectivity index (χ4v) is 19.6. The van der Waals surface area contributed by atoms with Crippen LogP contribution < -0.4 is 0 Å². The van der Waals surface area contributed by atoms with E-state index in [2.05, 4.69) is 369 Å². The Morgan fingerprint density at radius 3 is 0.893 bits per heavy atom. The molecule has 4 heterocycles. The van der Waals surface area contributed by atoms with Crippen molar-refractivity contribution in [2.45, 2.75) is 77.0 Å². The second kappa shape index (κ2) is 25.1. The van der Waals surface area contributed by atoms with Crippen molar-refractivity contribution in [1.29, 1.82) is 0 Å². The molecule has 22 rings (SSSR count). The molecular formula is C108H80N4. The molecular weight excluding hydrogens is 1350 g/mol. The zero-order valence-corrected chi connectivity index (χ0v) is 64.1. The van der Waals surface area contributed by atoms with Crippen LogP contribution in [0.25, 0.3) is 177 Å². The van der Waals surface area contributed by atoms with E-state index in [4.69, 9.17) is 9.97 Å². The third-order valence-corrected chi connectivity index (χ3v) is 25.5. The van der Waals surface area contributed by atoms with Crippen molar-refractivity contribution in [3.05, 3.63) is 385 Å². The van der Waals surface area contributed by atoms with Gasteiger partial charge < -0.3 is 0 Å². The highest BCUT2D eigenvalue weighted by molar-refractivity contribution is 6.18. The first-order valence-electron chi connectivity index (χ1n) is 39.3. The van der Waals surface area contributed by atoms with Crippen molar-refractivity contribution in [1.82, 2.24) is 19.9 Å². The lowest BCUT2D eigenvalue weighted by atomic mass is 9.81. The minimum atomic E-state index is -0.101. The number of nitrogens with zero attached hydrogens (tertiary/aromatic N) is 4. The van der Waals surface area contributed by atoms with E-state index in [1.54, 1.807) is 0 Å². The SMILES string of the molecule is CC1(C)c2ccccc2-c2ccc(-c3cc(-c4ccc(-c5ccccn5)cc4)c4cc(-c5ccc6c(c5)C(C)(C)c5ccccc5-6)c5ccccc5c4n3)cc21.CC1(C)c2ccccc2-c2ccc(-c3cc(-c4ccc(-c5cccnc5)cc4)c4cc(-c5ccc6c(c5)C(C)(C)c5ccccc5-6)c5ccccc5c4n3)cc21. The second-order valence-corrected chi connectivity index (χ2v) is 33.2. The zero-order valence-electron chi connectivity index (χ0n) is 64.1. The van der Waals surface area contributed by atoms with Gasteiger partial charge in [0.2, 0.25) is 0 Å². The van der Waals surface area contributed by atoms with Crippen molar-refractivity contribution in [2.24, 2.45) is 0 Å². The minimum absolute atomic E-state index is 0.0853. The maximum atomic E-state index is 5.58. The fourth-order valence-electron chi connectivity index (χ4n) is 19.6. The predicted octanol–water partition coefficient (Wildman–Crippen LogP) is 28.1. The van der Waals surface area contributed by atoms with E-state index in [9.17, 15) is 0 Å². The van der Waals surface area contributed by atoms with Gasteiger partial charge in [0, 0.05) is 78.5 Å². The molecule has 4 aromatic heterocycles. The monoisotopic (exact) mass is 1430 g/mol. The summed E-state index contributed by atoms with van der Waals surface area (Å²) in [7, 11) is 0. The number of fused-ring (bicyclic) bond motifs is 18. The van der Waals surface area contributed by atoms with Gasteiger partial charge >= 0.3 is 0 Å². The van der Waals surface area contributed by atoms with Gasteiger partial charge in [-0.15, -0.1) is 0 Å². The average molecular weight is 1430 g/mol. The number of aromatic nitrogens is 4. The molecule has 0 N–H and O–H groups in total. The van der Waals surface area contributed by atoms with Crippen LogP contribution in [-0.2, 0) is 21.7 Å². The van der Waals surface area contributed by atoms with Crippen LogP contribution in [0.5, 0.6) is 0 Å². The summed E-state index contributed by atoms with van der Waals surface area (Å²) >= 11 is 0. The van der Waals surface area contributed by atoms with E-state index in [1.807, 2.05) is 36.8 Å². The maximum Gasteiger partial charge on any atom is 0.0794 e. The molecule has 4 nitrogen and oxygen atoms in total. The van der Waals surface area contributed by atoms with Crippen LogP contribution in [0, 0.1) is 0 Å². The van der Waals surface area contributed by atoms with Crippen LogP contribution >= 0.6 is 0 Å². The molecule has 14 aromatic carbocycles. The van der Waals surface area contributed by atoms with Crippen molar-refractivity contribution >= 4 is 43.4 Å². The summed E-state index contributed by atoms with van der Waals surface area (Å²) in [4.78, 5) is 20.2. The molecule has 0 spiro atoms. The number of hydrogen-bond acceptors (Lipinski definition) is 4. The van der Waals surface area contributed by atoms with E-state index in [-0.39, 0.29) is 21.7 Å². The van der Waals surface area contributed by atoms with Gasteiger partial charge in [-0.3, -0.25) is 9.97 Å². The molecule has 0 radical (unpaired) electrons. The van der Waals surface area contributed by atoms with E-state index < -0.39 is 0 Å². The van der Waals surface area contributed by atoms with Gasteiger partial charge in [0.1, 0.15) is 0 Å². The van der Waals surface area contributed by atoms with Gasteiger partial charge in [-0.25, -0.2) is 9.97 Å². The summed E-state index contributed by atoms with van der Waals surface area (Å²) in [5.41, 5.74) is 41.4. The highest BCUT2D eigenvalue weighted by atomic mass is 14.7. The summed E-state index contributed by atoms with van der Waals surface area (Å²) in [5, 5.41) is 7.02. The molecule has 4 heteroatoms. The van der Waals surface area contributed by atoms with Gasteiger partial charge in [-0.05, 0) is 222 Å². The molecule has 0 fully saturated rings. The molecule has 112 heavy (non-hydrogen) atoms. The van der Waals surface area contributed by atoms with Gasteiger partial charge in [0.25, 0.3) is 0 Å². The number of rotatable bonds is 8. The molecule has 18 aromatic rings. The van der Waals surface area contributed by atoms with Crippen molar-refractivity contribution in [3.63, 3.8) is 0 Å². The Bertz CT molecular complexity index is 6540. The van der Waals surface area contributed by atoms with Crippen LogP contribution in [0.1, 0.15) is 99.9 Å². The third-order valence-electron chi connectivity index (χ3n) is 25.5. The first-order valence-corrected chi connectivity index (χ1v) is 39.3. The van der Waals surface area contributed by atoms with E-state index in [0.29, 0.717) is 0 Å². The Morgan fingerprint density at radius 1 is 0.188 bits per heavy atom. The number of pyridine rings is 4. The second-order valence-electron chi connectivity index (χ2n) is 33.2. The fraction of sp³-hybridized carbons (Fsp3) is 0.111. The van der Waals surface area contributed by atoms with Crippen molar-refractivity contribution < 1.29 is 0 Å². The molecule has 0 atom stereocenters. The standard InChI is InChI=1S/2C54H40N2/c1-53(2)47-17-9-7-14-39(47)41-25-23-35(28-49(41)53)44-30-46-45(34-21-19-33(20-22-34)37-12-11-27-55-32-37)31-51(56-52(46)43-16-6-5-13-38(43)44)36-24-26-42-40-15-8-10-18-48(40)54(3,4)50(42)29-36;1-53(2)46-17-9-7-14-38(46)40-26-24-35(29-48(40)53)43-31-45-44(33-20-22-34(23-21-33)50-19-11-12-28-55-50)32-51(56-52(45)42-16-6-5-13-37(42)43)36-25-27-41-39-15-8-10-18-47(39)54(3,4)49(41)30-36/h2*5-32H,1-4H3. The molecule has 0 amide bonds. The van der Waals surface area contributed by atoms with Gasteiger partial charge in [0.05, 0.1) is 28.1 Å². The van der Waals surface area contributed by atoms with Gasteiger partial charge in [0.15, 0.2) is 0 Å². The Kier molecular flexibility index (Phi) is 15.0. The van der Waals surface area contributed by atoms with Crippen molar-refractivity contribution in [3.8, 4) is 134 Å². The van der Waals surface area contributed by atoms with Gasteiger partial charge in [-0.2, -0.15) is 0 Å². The van der Waals surface area contributed by atoms with E-state index in [0.717, 1.165) is 88.6 Å². The average Bonchev–Trinajstić information content (AvgIpc) is 1.14. The van der Waals surface area contributed by atoms with Crippen LogP contribution in [0.15, 0.2) is 340 Å². The largest absolute Gasteiger partial charge is 0.264 e. The lowest BCUT2D eigenvalue weighted by molar-refractivity contribution is 0.660. The molecule has 4 aliphatic carbocycles.